The number of likely N-dealkylation sites (N-methyl/N-ethyl adjacent to an activating group) is 1. The molecule has 2 aliphatic rings. The number of rotatable bonds is 6. The van der Waals surface area contributed by atoms with Gasteiger partial charge < -0.3 is 14.2 Å². The molecule has 2 aromatic carbocycles. The molecule has 0 saturated heterocycles. The van der Waals surface area contributed by atoms with E-state index in [2.05, 4.69) is 48.3 Å². The number of aryl methyl sites for hydroxylation is 1. The van der Waals surface area contributed by atoms with E-state index in [0.717, 1.165) is 48.7 Å². The van der Waals surface area contributed by atoms with Crippen LogP contribution >= 0.6 is 0 Å². The first-order valence-corrected chi connectivity index (χ1v) is 11.3. The lowest BCUT2D eigenvalue weighted by molar-refractivity contribution is 0.299. The Morgan fingerprint density at radius 2 is 2.11 bits per heavy atom. The molecule has 0 saturated carbocycles. The van der Waals surface area contributed by atoms with Gasteiger partial charge >= 0.3 is 0 Å². The summed E-state index contributed by atoms with van der Waals surface area (Å²) < 4.78 is 17.7. The smallest absolute Gasteiger partial charge is 0.156 e. The topological polar surface area (TPSA) is 35.5 Å². The van der Waals surface area contributed by atoms with Crippen molar-refractivity contribution < 1.29 is 9.29 Å². The van der Waals surface area contributed by atoms with Crippen LogP contribution in [0.5, 0.6) is 5.75 Å². The summed E-state index contributed by atoms with van der Waals surface area (Å²) in [5.41, 5.74) is 5.46. The average molecular weight is 384 g/mol. The molecule has 2 unspecified atom stereocenters. The summed E-state index contributed by atoms with van der Waals surface area (Å²) in [4.78, 5) is 3.52. The van der Waals surface area contributed by atoms with Crippen LogP contribution in [-0.4, -0.2) is 42.5 Å². The average Bonchev–Trinajstić information content (AvgIpc) is 3.06. The van der Waals surface area contributed by atoms with Crippen molar-refractivity contribution in [1.82, 2.24) is 4.90 Å². The molecule has 1 aliphatic carbocycles. The molecular formula is C23H29NO2S. The van der Waals surface area contributed by atoms with Gasteiger partial charge in [0.2, 0.25) is 0 Å². The van der Waals surface area contributed by atoms with Crippen molar-refractivity contribution in [2.24, 2.45) is 0 Å². The lowest BCUT2D eigenvalue weighted by Crippen LogP contribution is -2.28. The van der Waals surface area contributed by atoms with Crippen LogP contribution in [0.2, 0.25) is 0 Å². The summed E-state index contributed by atoms with van der Waals surface area (Å²) in [6.07, 6.45) is 5.60. The zero-order valence-corrected chi connectivity index (χ0v) is 17.2. The van der Waals surface area contributed by atoms with Crippen molar-refractivity contribution in [3.05, 3.63) is 58.7 Å². The molecule has 0 N–H and O–H groups in total. The Bertz CT molecular complexity index is 807. The molecule has 0 spiro atoms. The molecule has 4 heteroatoms. The number of methoxy groups -OCH3 is 1. The van der Waals surface area contributed by atoms with E-state index in [1.165, 1.54) is 35.1 Å². The number of hydrogen-bond donors (Lipinski definition) is 0. The highest BCUT2D eigenvalue weighted by Gasteiger charge is 2.25. The summed E-state index contributed by atoms with van der Waals surface area (Å²) >= 11 is -0.782. The minimum Gasteiger partial charge on any atom is -0.611 e. The SMILES string of the molecule is COc1cccc2c1CCCC2CN(C)CCc1ccc2c(c1)[S+]([O-])CC2. The van der Waals surface area contributed by atoms with Gasteiger partial charge in [0, 0.05) is 25.1 Å². The van der Waals surface area contributed by atoms with Crippen LogP contribution in [0.4, 0.5) is 0 Å². The first kappa shape index (κ1) is 18.9. The molecule has 0 bridgehead atoms. The van der Waals surface area contributed by atoms with Crippen LogP contribution < -0.4 is 4.74 Å². The lowest BCUT2D eigenvalue weighted by Gasteiger charge is -2.30. The zero-order chi connectivity index (χ0) is 18.8. The van der Waals surface area contributed by atoms with Gasteiger partial charge in [-0.25, -0.2) is 0 Å². The van der Waals surface area contributed by atoms with Crippen molar-refractivity contribution in [2.75, 3.05) is 33.0 Å². The third-order valence-electron chi connectivity index (χ3n) is 6.06. The van der Waals surface area contributed by atoms with Gasteiger partial charge in [-0.2, -0.15) is 0 Å². The number of fused-ring (bicyclic) bond motifs is 2. The van der Waals surface area contributed by atoms with Crippen LogP contribution in [0, 0.1) is 0 Å². The Balaban J connectivity index is 1.38. The van der Waals surface area contributed by atoms with Gasteiger partial charge in [0.25, 0.3) is 0 Å². The largest absolute Gasteiger partial charge is 0.611 e. The molecule has 2 aromatic rings. The van der Waals surface area contributed by atoms with Gasteiger partial charge in [0.15, 0.2) is 4.90 Å². The van der Waals surface area contributed by atoms with Crippen LogP contribution in [0.15, 0.2) is 41.3 Å². The maximum atomic E-state index is 12.1. The lowest BCUT2D eigenvalue weighted by atomic mass is 9.82. The fraction of sp³-hybridized carbons (Fsp3) is 0.478. The minimum atomic E-state index is -0.782. The standard InChI is InChI=1S/C23H29NO2S/c1-24(13-11-17-9-10-18-12-14-27(25)23(18)15-17)16-19-5-3-7-21-20(19)6-4-8-22(21)26-2/h4,6,8-10,15,19H,3,5,7,11-14,16H2,1-2H3. The fourth-order valence-corrected chi connectivity index (χ4v) is 5.94. The van der Waals surface area contributed by atoms with Crippen molar-refractivity contribution in [3.63, 3.8) is 0 Å². The van der Waals surface area contributed by atoms with Crippen molar-refractivity contribution in [1.29, 1.82) is 0 Å². The molecule has 0 fully saturated rings. The highest BCUT2D eigenvalue weighted by molar-refractivity contribution is 7.91. The highest BCUT2D eigenvalue weighted by Crippen LogP contribution is 2.37. The van der Waals surface area contributed by atoms with E-state index in [4.69, 9.17) is 4.74 Å². The van der Waals surface area contributed by atoms with Gasteiger partial charge in [0.1, 0.15) is 11.5 Å². The van der Waals surface area contributed by atoms with Crippen LogP contribution in [-0.2, 0) is 30.4 Å². The minimum absolute atomic E-state index is 0.585. The Hall–Kier alpha value is -1.49. The Morgan fingerprint density at radius 1 is 1.22 bits per heavy atom. The third kappa shape index (κ3) is 4.03. The van der Waals surface area contributed by atoms with Gasteiger partial charge in [-0.05, 0) is 78.6 Å². The van der Waals surface area contributed by atoms with Crippen molar-refractivity contribution in [2.45, 2.75) is 42.9 Å². The molecule has 2 atom stereocenters. The molecule has 1 heterocycles. The monoisotopic (exact) mass is 383 g/mol. The van der Waals surface area contributed by atoms with E-state index in [0.29, 0.717) is 5.92 Å². The Labute approximate surface area is 165 Å². The first-order valence-electron chi connectivity index (χ1n) is 10.00. The van der Waals surface area contributed by atoms with E-state index in [-0.39, 0.29) is 0 Å². The molecule has 0 amide bonds. The first-order chi connectivity index (χ1) is 13.2. The van der Waals surface area contributed by atoms with Gasteiger partial charge in [-0.15, -0.1) is 0 Å². The number of nitrogens with zero attached hydrogens (tertiary/aromatic N) is 1. The highest BCUT2D eigenvalue weighted by atomic mass is 32.2. The maximum absolute atomic E-state index is 12.1. The Kier molecular flexibility index (Phi) is 5.76. The number of ether oxygens (including phenoxy) is 1. The van der Waals surface area contributed by atoms with E-state index < -0.39 is 11.2 Å². The van der Waals surface area contributed by atoms with Crippen molar-refractivity contribution in [3.8, 4) is 5.75 Å². The predicted molar refractivity (Wildman–Crippen MR) is 111 cm³/mol. The molecule has 0 aromatic heterocycles. The van der Waals surface area contributed by atoms with Gasteiger partial charge in [-0.1, -0.05) is 24.3 Å². The van der Waals surface area contributed by atoms with Gasteiger partial charge in [0.05, 0.1) is 7.11 Å². The van der Waals surface area contributed by atoms with E-state index >= 15 is 0 Å². The molecule has 4 rings (SSSR count). The predicted octanol–water partition coefficient (Wildman–Crippen LogP) is 3.95. The summed E-state index contributed by atoms with van der Waals surface area (Å²) in [5.74, 6) is 2.43. The molecular weight excluding hydrogens is 354 g/mol. The van der Waals surface area contributed by atoms with E-state index in [9.17, 15) is 4.55 Å². The number of benzene rings is 2. The quantitative estimate of drug-likeness (QED) is 0.709. The van der Waals surface area contributed by atoms with Crippen LogP contribution in [0.3, 0.4) is 0 Å². The second-order valence-corrected chi connectivity index (χ2v) is 9.41. The normalized spacial score (nSPS) is 21.2. The van der Waals surface area contributed by atoms with E-state index in [1.54, 1.807) is 7.11 Å². The molecule has 3 nitrogen and oxygen atoms in total. The maximum Gasteiger partial charge on any atom is 0.156 e. The molecule has 0 radical (unpaired) electrons. The summed E-state index contributed by atoms with van der Waals surface area (Å²) in [6, 6.07) is 13.1. The Morgan fingerprint density at radius 3 is 2.96 bits per heavy atom. The second-order valence-electron chi connectivity index (χ2n) is 7.87. The third-order valence-corrected chi connectivity index (χ3v) is 7.50. The molecule has 27 heavy (non-hydrogen) atoms. The molecule has 144 valence electrons. The fourth-order valence-electron chi connectivity index (χ4n) is 4.57. The molecule has 1 aliphatic heterocycles. The summed E-state index contributed by atoms with van der Waals surface area (Å²) in [5, 5.41) is 0. The summed E-state index contributed by atoms with van der Waals surface area (Å²) in [6.45, 7) is 2.11. The second kappa shape index (κ2) is 8.26. The van der Waals surface area contributed by atoms with Crippen LogP contribution in [0.1, 0.15) is 41.0 Å². The number of hydrogen-bond acceptors (Lipinski definition) is 3. The van der Waals surface area contributed by atoms with Crippen molar-refractivity contribution >= 4 is 11.2 Å². The zero-order valence-electron chi connectivity index (χ0n) is 16.4. The van der Waals surface area contributed by atoms with Crippen LogP contribution in [0.25, 0.3) is 0 Å². The van der Waals surface area contributed by atoms with E-state index in [1.807, 2.05) is 0 Å². The summed E-state index contributed by atoms with van der Waals surface area (Å²) in [7, 11) is 4.00. The van der Waals surface area contributed by atoms with Gasteiger partial charge in [-0.3, -0.25) is 0 Å².